The molecule has 3 rings (SSSR count). The first-order valence-electron chi connectivity index (χ1n) is 7.78. The average molecular weight is 471 g/mol. The molecule has 1 N–H and O–H groups in total. The molecule has 5 nitrogen and oxygen atoms in total. The number of carbonyl (C=O) groups is 2. The molecule has 0 aromatic heterocycles. The highest BCUT2D eigenvalue weighted by Crippen LogP contribution is 2.20. The normalized spacial score (nSPS) is 14.2. The zero-order valence-electron chi connectivity index (χ0n) is 13.3. The Labute approximate surface area is 164 Å². The molecule has 1 aliphatic heterocycles. The summed E-state index contributed by atoms with van der Waals surface area (Å²) in [4.78, 5) is 26.8. The van der Waals surface area contributed by atoms with Gasteiger partial charge in [-0.05, 0) is 59.0 Å². The van der Waals surface area contributed by atoms with Crippen molar-refractivity contribution in [2.24, 2.45) is 0 Å². The van der Waals surface area contributed by atoms with Gasteiger partial charge in [0, 0.05) is 32.9 Å². The monoisotopic (exact) mass is 470 g/mol. The van der Waals surface area contributed by atoms with Crippen LogP contribution in [0.3, 0.4) is 0 Å². The predicted octanol–water partition coefficient (Wildman–Crippen LogP) is 3.67. The van der Waals surface area contributed by atoms with Gasteiger partial charge in [-0.15, -0.1) is 0 Å². The lowest BCUT2D eigenvalue weighted by atomic mass is 10.1. The van der Waals surface area contributed by atoms with Crippen LogP contribution in [0.25, 0.3) is 0 Å². The second-order valence-electron chi connectivity index (χ2n) is 5.56. The van der Waals surface area contributed by atoms with Gasteiger partial charge in [0.05, 0.1) is 18.8 Å². The lowest BCUT2D eigenvalue weighted by Gasteiger charge is -2.27. The number of anilines is 1. The van der Waals surface area contributed by atoms with Gasteiger partial charge < -0.3 is 15.0 Å². The van der Waals surface area contributed by atoms with Gasteiger partial charge in [-0.1, -0.05) is 17.7 Å². The summed E-state index contributed by atoms with van der Waals surface area (Å²) in [5.41, 5.74) is 1.66. The molecule has 2 aromatic rings. The number of hydrogen-bond donors (Lipinski definition) is 1. The molecule has 1 aliphatic rings. The van der Waals surface area contributed by atoms with E-state index in [-0.39, 0.29) is 11.8 Å². The first-order chi connectivity index (χ1) is 12.0. The van der Waals surface area contributed by atoms with E-state index < -0.39 is 0 Å². The van der Waals surface area contributed by atoms with E-state index in [9.17, 15) is 9.59 Å². The Balaban J connectivity index is 1.75. The predicted molar refractivity (Wildman–Crippen MR) is 105 cm³/mol. The fourth-order valence-electron chi connectivity index (χ4n) is 2.55. The molecule has 0 radical (unpaired) electrons. The summed E-state index contributed by atoms with van der Waals surface area (Å²) >= 11 is 8.00. The SMILES string of the molecule is O=C(Nc1cccc(C(=O)N2CCOCC2)c1)c1ccc(Cl)cc1I. The minimum atomic E-state index is -0.239. The fraction of sp³-hybridized carbons (Fsp3) is 0.222. The maximum atomic E-state index is 12.5. The van der Waals surface area contributed by atoms with Crippen molar-refractivity contribution in [3.05, 3.63) is 62.2 Å². The van der Waals surface area contributed by atoms with Crippen LogP contribution in [0.2, 0.25) is 5.02 Å². The van der Waals surface area contributed by atoms with Crippen molar-refractivity contribution in [2.45, 2.75) is 0 Å². The summed E-state index contributed by atoms with van der Waals surface area (Å²) in [5, 5.41) is 3.42. The third-order valence-corrected chi connectivity index (χ3v) is 4.97. The van der Waals surface area contributed by atoms with Crippen LogP contribution < -0.4 is 5.32 Å². The zero-order valence-corrected chi connectivity index (χ0v) is 16.2. The van der Waals surface area contributed by atoms with E-state index in [1.54, 1.807) is 47.4 Å². The molecule has 0 aliphatic carbocycles. The van der Waals surface area contributed by atoms with Gasteiger partial charge in [-0.3, -0.25) is 9.59 Å². The summed E-state index contributed by atoms with van der Waals surface area (Å²) in [7, 11) is 0. The molecule has 1 heterocycles. The van der Waals surface area contributed by atoms with E-state index in [2.05, 4.69) is 27.9 Å². The molecule has 0 saturated carbocycles. The van der Waals surface area contributed by atoms with Gasteiger partial charge in [0.15, 0.2) is 0 Å². The fourth-order valence-corrected chi connectivity index (χ4v) is 3.67. The highest BCUT2D eigenvalue weighted by molar-refractivity contribution is 14.1. The number of halogens is 2. The highest BCUT2D eigenvalue weighted by Gasteiger charge is 2.19. The van der Waals surface area contributed by atoms with Crippen LogP contribution >= 0.6 is 34.2 Å². The quantitative estimate of drug-likeness (QED) is 0.697. The summed E-state index contributed by atoms with van der Waals surface area (Å²) in [5.74, 6) is -0.294. The molecule has 0 bridgehead atoms. The van der Waals surface area contributed by atoms with Crippen LogP contribution in [0.4, 0.5) is 5.69 Å². The van der Waals surface area contributed by atoms with Gasteiger partial charge in [0.25, 0.3) is 11.8 Å². The number of morpholine rings is 1. The minimum absolute atomic E-state index is 0.0551. The number of nitrogens with one attached hydrogen (secondary N) is 1. The molecular weight excluding hydrogens is 455 g/mol. The number of amides is 2. The maximum absolute atomic E-state index is 12.5. The number of rotatable bonds is 3. The Morgan fingerprint density at radius 1 is 1.12 bits per heavy atom. The van der Waals surface area contributed by atoms with Crippen LogP contribution in [0.1, 0.15) is 20.7 Å². The van der Waals surface area contributed by atoms with Gasteiger partial charge in [0.1, 0.15) is 0 Å². The van der Waals surface area contributed by atoms with Crippen LogP contribution in [-0.2, 0) is 4.74 Å². The number of carbonyl (C=O) groups excluding carboxylic acids is 2. The van der Waals surface area contributed by atoms with Gasteiger partial charge in [-0.25, -0.2) is 0 Å². The Hall–Kier alpha value is -1.64. The molecule has 0 unspecified atom stereocenters. The molecule has 25 heavy (non-hydrogen) atoms. The molecular formula is C18H16ClIN2O3. The second kappa shape index (κ2) is 8.16. The first-order valence-corrected chi connectivity index (χ1v) is 9.24. The zero-order chi connectivity index (χ0) is 17.8. The van der Waals surface area contributed by atoms with Crippen molar-refractivity contribution in [3.8, 4) is 0 Å². The summed E-state index contributed by atoms with van der Waals surface area (Å²) < 4.78 is 6.04. The van der Waals surface area contributed by atoms with Crippen LogP contribution in [-0.4, -0.2) is 43.0 Å². The van der Waals surface area contributed by atoms with E-state index in [4.69, 9.17) is 16.3 Å². The number of ether oxygens (including phenoxy) is 1. The average Bonchev–Trinajstić information content (AvgIpc) is 2.62. The number of nitrogens with zero attached hydrogens (tertiary/aromatic N) is 1. The third kappa shape index (κ3) is 4.50. The highest BCUT2D eigenvalue weighted by atomic mass is 127. The Kier molecular flexibility index (Phi) is 5.93. The van der Waals surface area contributed by atoms with Gasteiger partial charge >= 0.3 is 0 Å². The standard InChI is InChI=1S/C18H16ClIN2O3/c19-13-4-5-15(16(20)11-13)17(23)21-14-3-1-2-12(10-14)18(24)22-6-8-25-9-7-22/h1-5,10-11H,6-9H2,(H,21,23). The first kappa shape index (κ1) is 18.2. The lowest BCUT2D eigenvalue weighted by Crippen LogP contribution is -2.40. The van der Waals surface area contributed by atoms with E-state index in [0.717, 1.165) is 3.57 Å². The lowest BCUT2D eigenvalue weighted by molar-refractivity contribution is 0.0303. The van der Waals surface area contributed by atoms with E-state index in [1.165, 1.54) is 0 Å². The largest absolute Gasteiger partial charge is 0.378 e. The maximum Gasteiger partial charge on any atom is 0.256 e. The van der Waals surface area contributed by atoms with Crippen molar-refractivity contribution < 1.29 is 14.3 Å². The van der Waals surface area contributed by atoms with E-state index in [0.29, 0.717) is 48.1 Å². The minimum Gasteiger partial charge on any atom is -0.378 e. The van der Waals surface area contributed by atoms with Crippen LogP contribution in [0, 0.1) is 3.57 Å². The van der Waals surface area contributed by atoms with Gasteiger partial charge in [-0.2, -0.15) is 0 Å². The van der Waals surface area contributed by atoms with Crippen molar-refractivity contribution in [1.29, 1.82) is 0 Å². The van der Waals surface area contributed by atoms with E-state index >= 15 is 0 Å². The molecule has 7 heteroatoms. The molecule has 1 fully saturated rings. The molecule has 130 valence electrons. The van der Waals surface area contributed by atoms with Crippen LogP contribution in [0.15, 0.2) is 42.5 Å². The molecule has 0 atom stereocenters. The Morgan fingerprint density at radius 2 is 1.88 bits per heavy atom. The number of hydrogen-bond acceptors (Lipinski definition) is 3. The second-order valence-corrected chi connectivity index (χ2v) is 7.16. The Morgan fingerprint density at radius 3 is 2.60 bits per heavy atom. The smallest absolute Gasteiger partial charge is 0.256 e. The van der Waals surface area contributed by atoms with Crippen molar-refractivity contribution >= 4 is 51.7 Å². The third-order valence-electron chi connectivity index (χ3n) is 3.84. The van der Waals surface area contributed by atoms with Crippen LogP contribution in [0.5, 0.6) is 0 Å². The molecule has 1 saturated heterocycles. The number of benzene rings is 2. The van der Waals surface area contributed by atoms with Crippen molar-refractivity contribution in [3.63, 3.8) is 0 Å². The van der Waals surface area contributed by atoms with E-state index in [1.807, 2.05) is 0 Å². The summed E-state index contributed by atoms with van der Waals surface area (Å²) in [6, 6.07) is 12.1. The molecule has 2 amide bonds. The topological polar surface area (TPSA) is 58.6 Å². The van der Waals surface area contributed by atoms with Crippen molar-refractivity contribution in [2.75, 3.05) is 31.6 Å². The molecule has 0 spiro atoms. The summed E-state index contributed by atoms with van der Waals surface area (Å²) in [6.07, 6.45) is 0. The summed E-state index contributed by atoms with van der Waals surface area (Å²) in [6.45, 7) is 2.27. The molecule has 2 aromatic carbocycles. The van der Waals surface area contributed by atoms with Crippen molar-refractivity contribution in [1.82, 2.24) is 4.90 Å². The van der Waals surface area contributed by atoms with Gasteiger partial charge in [0.2, 0.25) is 0 Å². The Bertz CT molecular complexity index is 807.